The number of carbonyl (C=O) groups excluding carboxylic acids is 1. The van der Waals surface area contributed by atoms with Crippen molar-refractivity contribution < 1.29 is 14.3 Å². The molecule has 0 N–H and O–H groups in total. The molecule has 8 heteroatoms. The zero-order valence-electron chi connectivity index (χ0n) is 18.0. The fourth-order valence-corrected chi connectivity index (χ4v) is 3.97. The van der Waals surface area contributed by atoms with Gasteiger partial charge in [-0.05, 0) is 31.2 Å². The molecule has 1 aliphatic rings. The highest BCUT2D eigenvalue weighted by Gasteiger charge is 2.27. The number of methoxy groups -OCH3 is 2. The molecule has 0 unspecified atom stereocenters. The molecule has 1 aliphatic heterocycles. The molecule has 2 heterocycles. The van der Waals surface area contributed by atoms with Crippen LogP contribution in [0, 0.1) is 0 Å². The van der Waals surface area contributed by atoms with Gasteiger partial charge in [-0.15, -0.1) is 0 Å². The van der Waals surface area contributed by atoms with Crippen LogP contribution in [0.5, 0.6) is 11.5 Å². The first-order chi connectivity index (χ1) is 15.1. The maximum Gasteiger partial charge on any atom is 0.293 e. The topological polar surface area (TPSA) is 76.9 Å². The highest BCUT2D eigenvalue weighted by Crippen LogP contribution is 2.26. The van der Waals surface area contributed by atoms with Crippen LogP contribution >= 0.6 is 0 Å². The molecule has 1 fully saturated rings. The van der Waals surface area contributed by atoms with Crippen LogP contribution in [0.25, 0.3) is 11.0 Å². The van der Waals surface area contributed by atoms with E-state index in [9.17, 15) is 9.59 Å². The number of nitrogens with zero attached hydrogens (tertiary/aromatic N) is 4. The molecule has 8 nitrogen and oxygen atoms in total. The van der Waals surface area contributed by atoms with E-state index in [1.165, 1.54) is 7.11 Å². The van der Waals surface area contributed by atoms with E-state index in [0.717, 1.165) is 11.0 Å². The summed E-state index contributed by atoms with van der Waals surface area (Å²) in [5.74, 6) is 1.45. The third-order valence-corrected chi connectivity index (χ3v) is 5.66. The third-order valence-electron chi connectivity index (χ3n) is 5.66. The average Bonchev–Trinajstić information content (AvgIpc) is 2.83. The number of piperazine rings is 1. The van der Waals surface area contributed by atoms with Crippen LogP contribution in [0.15, 0.2) is 47.3 Å². The van der Waals surface area contributed by atoms with Gasteiger partial charge in [0.15, 0.2) is 5.82 Å². The van der Waals surface area contributed by atoms with Gasteiger partial charge in [0.1, 0.15) is 11.5 Å². The van der Waals surface area contributed by atoms with Gasteiger partial charge >= 0.3 is 0 Å². The number of benzene rings is 2. The summed E-state index contributed by atoms with van der Waals surface area (Å²) >= 11 is 0. The largest absolute Gasteiger partial charge is 0.497 e. The maximum atomic E-state index is 13.1. The van der Waals surface area contributed by atoms with Crippen LogP contribution in [-0.4, -0.2) is 60.8 Å². The maximum absolute atomic E-state index is 13.1. The molecule has 0 bridgehead atoms. The number of rotatable bonds is 5. The van der Waals surface area contributed by atoms with Crippen LogP contribution in [0.3, 0.4) is 0 Å². The zero-order chi connectivity index (χ0) is 22.0. The molecule has 31 heavy (non-hydrogen) atoms. The molecule has 4 rings (SSSR count). The third kappa shape index (κ3) is 3.81. The van der Waals surface area contributed by atoms with Crippen molar-refractivity contribution in [1.82, 2.24) is 14.5 Å². The lowest BCUT2D eigenvalue weighted by Gasteiger charge is -2.35. The van der Waals surface area contributed by atoms with E-state index in [1.54, 1.807) is 34.8 Å². The number of anilines is 1. The Bertz CT molecular complexity index is 1170. The predicted octanol–water partition coefficient (Wildman–Crippen LogP) is 2.40. The quantitative estimate of drug-likeness (QED) is 0.629. The first-order valence-corrected chi connectivity index (χ1v) is 10.3. The first-order valence-electron chi connectivity index (χ1n) is 10.3. The molecular weight excluding hydrogens is 396 g/mol. The summed E-state index contributed by atoms with van der Waals surface area (Å²) in [6, 6.07) is 12.8. The van der Waals surface area contributed by atoms with Gasteiger partial charge in [0.2, 0.25) is 0 Å². The normalized spacial score (nSPS) is 14.0. The van der Waals surface area contributed by atoms with Crippen molar-refractivity contribution in [3.05, 3.63) is 58.4 Å². The minimum atomic E-state index is -0.100. The smallest absolute Gasteiger partial charge is 0.293 e. The Labute approximate surface area is 180 Å². The second kappa shape index (κ2) is 8.67. The SMILES string of the molecule is CCn1c(=O)c(N2CCN(C(=O)c3ccc(OC)cc3OC)CC2)nc2ccccc21. The number of para-hydroxylation sites is 2. The Hall–Kier alpha value is -3.55. The van der Waals surface area contributed by atoms with Crippen LogP contribution in [0.1, 0.15) is 17.3 Å². The molecule has 1 aromatic heterocycles. The van der Waals surface area contributed by atoms with Gasteiger partial charge in [-0.2, -0.15) is 0 Å². The van der Waals surface area contributed by atoms with E-state index in [-0.39, 0.29) is 11.5 Å². The second-order valence-electron chi connectivity index (χ2n) is 7.32. The highest BCUT2D eigenvalue weighted by atomic mass is 16.5. The summed E-state index contributed by atoms with van der Waals surface area (Å²) in [4.78, 5) is 34.5. The number of ether oxygens (including phenoxy) is 2. The number of hydrogen-bond donors (Lipinski definition) is 0. The van der Waals surface area contributed by atoms with Crippen molar-refractivity contribution in [2.45, 2.75) is 13.5 Å². The summed E-state index contributed by atoms with van der Waals surface area (Å²) in [6.07, 6.45) is 0. The van der Waals surface area contributed by atoms with E-state index in [4.69, 9.17) is 9.47 Å². The Morgan fingerprint density at radius 2 is 1.77 bits per heavy atom. The summed E-state index contributed by atoms with van der Waals surface area (Å²) in [7, 11) is 3.11. The zero-order valence-corrected chi connectivity index (χ0v) is 18.0. The number of aromatic nitrogens is 2. The number of carbonyl (C=O) groups is 1. The number of hydrogen-bond acceptors (Lipinski definition) is 6. The lowest BCUT2D eigenvalue weighted by Crippen LogP contribution is -2.50. The average molecular weight is 422 g/mol. The highest BCUT2D eigenvalue weighted by molar-refractivity contribution is 5.97. The van der Waals surface area contributed by atoms with Gasteiger partial charge in [0.05, 0.1) is 30.8 Å². The number of amides is 1. The van der Waals surface area contributed by atoms with Gasteiger partial charge < -0.3 is 23.8 Å². The van der Waals surface area contributed by atoms with E-state index in [2.05, 4.69) is 4.98 Å². The Morgan fingerprint density at radius 3 is 2.45 bits per heavy atom. The minimum Gasteiger partial charge on any atom is -0.497 e. The summed E-state index contributed by atoms with van der Waals surface area (Å²) < 4.78 is 12.3. The Kier molecular flexibility index (Phi) is 5.79. The van der Waals surface area contributed by atoms with Crippen molar-refractivity contribution >= 4 is 22.8 Å². The van der Waals surface area contributed by atoms with Crippen LogP contribution < -0.4 is 19.9 Å². The van der Waals surface area contributed by atoms with Crippen molar-refractivity contribution in [3.8, 4) is 11.5 Å². The van der Waals surface area contributed by atoms with Crippen molar-refractivity contribution in [2.75, 3.05) is 45.3 Å². The molecule has 162 valence electrons. The molecule has 1 saturated heterocycles. The van der Waals surface area contributed by atoms with E-state index in [0.29, 0.717) is 55.6 Å². The second-order valence-corrected chi connectivity index (χ2v) is 7.32. The van der Waals surface area contributed by atoms with E-state index in [1.807, 2.05) is 36.1 Å². The van der Waals surface area contributed by atoms with Crippen LogP contribution in [0.2, 0.25) is 0 Å². The Morgan fingerprint density at radius 1 is 1.03 bits per heavy atom. The lowest BCUT2D eigenvalue weighted by molar-refractivity contribution is 0.0743. The fourth-order valence-electron chi connectivity index (χ4n) is 3.97. The molecule has 1 amide bonds. The van der Waals surface area contributed by atoms with Crippen molar-refractivity contribution in [2.24, 2.45) is 0 Å². The molecular formula is C23H26N4O4. The lowest BCUT2D eigenvalue weighted by atomic mass is 10.1. The molecule has 0 radical (unpaired) electrons. The molecule has 0 atom stereocenters. The van der Waals surface area contributed by atoms with Gasteiger partial charge in [-0.25, -0.2) is 4.98 Å². The van der Waals surface area contributed by atoms with E-state index >= 15 is 0 Å². The molecule has 3 aromatic rings. The first kappa shape index (κ1) is 20.7. The minimum absolute atomic E-state index is 0.0993. The van der Waals surface area contributed by atoms with Crippen LogP contribution in [-0.2, 0) is 6.54 Å². The van der Waals surface area contributed by atoms with Gasteiger partial charge in [-0.3, -0.25) is 9.59 Å². The van der Waals surface area contributed by atoms with Gasteiger partial charge in [-0.1, -0.05) is 12.1 Å². The van der Waals surface area contributed by atoms with E-state index < -0.39 is 0 Å². The van der Waals surface area contributed by atoms with Crippen molar-refractivity contribution in [1.29, 1.82) is 0 Å². The van der Waals surface area contributed by atoms with Gasteiger partial charge in [0.25, 0.3) is 11.5 Å². The molecule has 0 spiro atoms. The van der Waals surface area contributed by atoms with Crippen LogP contribution in [0.4, 0.5) is 5.82 Å². The summed E-state index contributed by atoms with van der Waals surface area (Å²) in [5, 5.41) is 0. The summed E-state index contributed by atoms with van der Waals surface area (Å²) in [6.45, 7) is 4.59. The summed E-state index contributed by atoms with van der Waals surface area (Å²) in [5.41, 5.74) is 2.02. The standard InChI is InChI=1S/C23H26N4O4/c1-4-27-19-8-6-5-7-18(19)24-21(23(27)29)25-11-13-26(14-12-25)22(28)17-10-9-16(30-2)15-20(17)31-3/h5-10,15H,4,11-14H2,1-3H3. The Balaban J connectivity index is 1.55. The fraction of sp³-hybridized carbons (Fsp3) is 0.348. The monoisotopic (exact) mass is 422 g/mol. The molecule has 0 saturated carbocycles. The van der Waals surface area contributed by atoms with Crippen molar-refractivity contribution in [3.63, 3.8) is 0 Å². The predicted molar refractivity (Wildman–Crippen MR) is 119 cm³/mol. The van der Waals surface area contributed by atoms with Gasteiger partial charge in [0, 0.05) is 38.8 Å². The number of aryl methyl sites for hydroxylation is 1. The molecule has 0 aliphatic carbocycles. The number of fused-ring (bicyclic) bond motifs is 1. The molecule has 2 aromatic carbocycles.